The molecule has 4 nitrogen and oxygen atoms in total. The fourth-order valence-corrected chi connectivity index (χ4v) is 3.08. The van der Waals surface area contributed by atoms with Crippen molar-refractivity contribution in [2.75, 3.05) is 11.4 Å². The van der Waals surface area contributed by atoms with Gasteiger partial charge in [0.2, 0.25) is 5.91 Å². The van der Waals surface area contributed by atoms with E-state index in [4.69, 9.17) is 4.42 Å². The molecule has 1 amide bonds. The van der Waals surface area contributed by atoms with Crippen LogP contribution < -0.4 is 10.2 Å². The number of para-hydroxylation sites is 1. The number of benzene rings is 2. The second-order valence-corrected chi connectivity index (χ2v) is 6.43. The number of hydrogen-bond acceptors (Lipinski definition) is 3. The highest BCUT2D eigenvalue weighted by atomic mass is 16.3. The summed E-state index contributed by atoms with van der Waals surface area (Å²) in [4.78, 5) is 14.7. The van der Waals surface area contributed by atoms with E-state index in [2.05, 4.69) is 5.32 Å². The molecule has 4 heteroatoms. The predicted molar refractivity (Wildman–Crippen MR) is 104 cm³/mol. The van der Waals surface area contributed by atoms with Crippen molar-refractivity contribution in [1.29, 1.82) is 0 Å². The Morgan fingerprint density at radius 1 is 0.962 bits per heavy atom. The molecule has 0 spiro atoms. The second kappa shape index (κ2) is 8.50. The number of nitrogens with one attached hydrogen (secondary N) is 1. The lowest BCUT2D eigenvalue weighted by atomic mass is 10.0. The van der Waals surface area contributed by atoms with Gasteiger partial charge < -0.3 is 9.32 Å². The van der Waals surface area contributed by atoms with Crippen LogP contribution in [-0.4, -0.2) is 18.5 Å². The summed E-state index contributed by atoms with van der Waals surface area (Å²) in [6.45, 7) is 4.26. The van der Waals surface area contributed by atoms with Gasteiger partial charge in [-0.3, -0.25) is 10.1 Å². The third kappa shape index (κ3) is 4.21. The van der Waals surface area contributed by atoms with Gasteiger partial charge in [0.25, 0.3) is 0 Å². The van der Waals surface area contributed by atoms with Gasteiger partial charge in [-0.1, -0.05) is 48.5 Å². The lowest BCUT2D eigenvalue weighted by Gasteiger charge is -2.28. The first kappa shape index (κ1) is 18.0. The monoisotopic (exact) mass is 348 g/mol. The Labute approximate surface area is 154 Å². The first-order chi connectivity index (χ1) is 12.7. The molecule has 1 heterocycles. The molecular weight excluding hydrogens is 324 g/mol. The van der Waals surface area contributed by atoms with Gasteiger partial charge in [-0.15, -0.1) is 0 Å². The average Bonchev–Trinajstić information content (AvgIpc) is 3.18. The van der Waals surface area contributed by atoms with Gasteiger partial charge in [-0.05, 0) is 43.7 Å². The van der Waals surface area contributed by atoms with Crippen LogP contribution >= 0.6 is 0 Å². The average molecular weight is 348 g/mol. The smallest absolute Gasteiger partial charge is 0.241 e. The van der Waals surface area contributed by atoms with Gasteiger partial charge in [0.05, 0.1) is 18.8 Å². The molecule has 3 aromatic rings. The topological polar surface area (TPSA) is 45.5 Å². The van der Waals surface area contributed by atoms with Crippen LogP contribution in [0.15, 0.2) is 83.5 Å². The minimum Gasteiger partial charge on any atom is -0.467 e. The van der Waals surface area contributed by atoms with Crippen LogP contribution in [0.2, 0.25) is 0 Å². The zero-order valence-corrected chi connectivity index (χ0v) is 15.1. The lowest BCUT2D eigenvalue weighted by Crippen LogP contribution is -2.43. The van der Waals surface area contributed by atoms with E-state index >= 15 is 0 Å². The normalized spacial score (nSPS) is 12.1. The van der Waals surface area contributed by atoms with Crippen molar-refractivity contribution in [2.24, 2.45) is 0 Å². The molecule has 0 fully saturated rings. The maximum Gasteiger partial charge on any atom is 0.241 e. The first-order valence-corrected chi connectivity index (χ1v) is 8.85. The van der Waals surface area contributed by atoms with E-state index in [1.165, 1.54) is 0 Å². The number of rotatable bonds is 7. The molecule has 0 saturated heterocycles. The molecule has 0 unspecified atom stereocenters. The molecule has 0 aliphatic rings. The number of amides is 1. The molecular formula is C22H24N2O2. The van der Waals surface area contributed by atoms with Gasteiger partial charge in [-0.25, -0.2) is 0 Å². The molecule has 2 aromatic carbocycles. The molecule has 0 saturated carbocycles. The van der Waals surface area contributed by atoms with Crippen molar-refractivity contribution in [3.8, 4) is 0 Å². The number of anilines is 1. The third-order valence-electron chi connectivity index (χ3n) is 4.24. The van der Waals surface area contributed by atoms with E-state index in [0.717, 1.165) is 17.0 Å². The highest BCUT2D eigenvalue weighted by molar-refractivity contribution is 5.95. The van der Waals surface area contributed by atoms with Gasteiger partial charge in [0.15, 0.2) is 0 Å². The third-order valence-corrected chi connectivity index (χ3v) is 4.24. The molecule has 26 heavy (non-hydrogen) atoms. The van der Waals surface area contributed by atoms with E-state index in [9.17, 15) is 4.79 Å². The predicted octanol–water partition coefficient (Wildman–Crippen LogP) is 4.40. The van der Waals surface area contributed by atoms with Crippen molar-refractivity contribution in [2.45, 2.75) is 25.9 Å². The minimum absolute atomic E-state index is 0.0266. The number of nitrogens with zero attached hydrogens (tertiary/aromatic N) is 1. The van der Waals surface area contributed by atoms with E-state index in [-0.39, 0.29) is 24.5 Å². The summed E-state index contributed by atoms with van der Waals surface area (Å²) in [6.07, 6.45) is 1.65. The van der Waals surface area contributed by atoms with Crippen molar-refractivity contribution < 1.29 is 9.21 Å². The van der Waals surface area contributed by atoms with Crippen LogP contribution in [0.5, 0.6) is 0 Å². The van der Waals surface area contributed by atoms with Crippen LogP contribution in [0, 0.1) is 0 Å². The van der Waals surface area contributed by atoms with Gasteiger partial charge in [0.1, 0.15) is 5.76 Å². The molecule has 0 bridgehead atoms. The van der Waals surface area contributed by atoms with Crippen molar-refractivity contribution in [1.82, 2.24) is 5.32 Å². The van der Waals surface area contributed by atoms with E-state index in [1.807, 2.05) is 91.5 Å². The number of carbonyl (C=O) groups is 1. The first-order valence-electron chi connectivity index (χ1n) is 8.85. The van der Waals surface area contributed by atoms with Gasteiger partial charge in [0, 0.05) is 11.7 Å². The number of carbonyl (C=O) groups excluding carboxylic acids is 1. The maximum absolute atomic E-state index is 12.9. The van der Waals surface area contributed by atoms with Crippen molar-refractivity contribution in [3.63, 3.8) is 0 Å². The lowest BCUT2D eigenvalue weighted by molar-refractivity contribution is -0.118. The molecule has 3 rings (SSSR count). The van der Waals surface area contributed by atoms with E-state index in [0.29, 0.717) is 0 Å². The number of hydrogen-bond donors (Lipinski definition) is 1. The molecule has 1 N–H and O–H groups in total. The largest absolute Gasteiger partial charge is 0.467 e. The summed E-state index contributed by atoms with van der Waals surface area (Å²) in [7, 11) is 0. The SMILES string of the molecule is CC(C)N(C(=O)CN[C@@H](c1ccccc1)c1ccco1)c1ccccc1. The Balaban J connectivity index is 1.77. The van der Waals surface area contributed by atoms with E-state index in [1.54, 1.807) is 6.26 Å². The van der Waals surface area contributed by atoms with E-state index < -0.39 is 0 Å². The summed E-state index contributed by atoms with van der Waals surface area (Å²) in [5.74, 6) is 0.818. The molecule has 0 aliphatic carbocycles. The summed E-state index contributed by atoms with van der Waals surface area (Å²) in [5.41, 5.74) is 1.97. The second-order valence-electron chi connectivity index (χ2n) is 6.43. The highest BCUT2D eigenvalue weighted by Gasteiger charge is 2.22. The number of furan rings is 1. The van der Waals surface area contributed by atoms with Crippen LogP contribution in [0.25, 0.3) is 0 Å². The molecule has 134 valence electrons. The Morgan fingerprint density at radius 3 is 2.19 bits per heavy atom. The summed E-state index contributed by atoms with van der Waals surface area (Å²) in [5, 5.41) is 3.36. The quantitative estimate of drug-likeness (QED) is 0.688. The fraction of sp³-hybridized carbons (Fsp3) is 0.227. The minimum atomic E-state index is -0.167. The van der Waals surface area contributed by atoms with Gasteiger partial charge in [-0.2, -0.15) is 0 Å². The van der Waals surface area contributed by atoms with Crippen LogP contribution in [0.4, 0.5) is 5.69 Å². The van der Waals surface area contributed by atoms with Crippen LogP contribution in [0.1, 0.15) is 31.2 Å². The van der Waals surface area contributed by atoms with Crippen LogP contribution in [0.3, 0.4) is 0 Å². The molecule has 0 aliphatic heterocycles. The summed E-state index contributed by atoms with van der Waals surface area (Å²) in [6, 6.07) is 23.5. The molecule has 0 radical (unpaired) electrons. The highest BCUT2D eigenvalue weighted by Crippen LogP contribution is 2.23. The zero-order chi connectivity index (χ0) is 18.4. The Hall–Kier alpha value is -2.85. The maximum atomic E-state index is 12.9. The Kier molecular flexibility index (Phi) is 5.87. The van der Waals surface area contributed by atoms with Gasteiger partial charge >= 0.3 is 0 Å². The van der Waals surface area contributed by atoms with Crippen molar-refractivity contribution >= 4 is 11.6 Å². The molecule has 1 atom stereocenters. The zero-order valence-electron chi connectivity index (χ0n) is 15.1. The van der Waals surface area contributed by atoms with Crippen molar-refractivity contribution in [3.05, 3.63) is 90.4 Å². The van der Waals surface area contributed by atoms with Crippen LogP contribution in [-0.2, 0) is 4.79 Å². The fourth-order valence-electron chi connectivity index (χ4n) is 3.08. The summed E-state index contributed by atoms with van der Waals surface area (Å²) >= 11 is 0. The Bertz CT molecular complexity index is 799. The summed E-state index contributed by atoms with van der Waals surface area (Å²) < 4.78 is 5.59. The molecule has 1 aromatic heterocycles. The Morgan fingerprint density at radius 2 is 1.62 bits per heavy atom. The standard InChI is InChI=1S/C22H24N2O2/c1-17(2)24(19-12-7-4-8-13-19)21(25)16-23-22(20-14-9-15-26-20)18-10-5-3-6-11-18/h3-15,17,22-23H,16H2,1-2H3/t22-/m0/s1.